The maximum absolute atomic E-state index is 13.5. The maximum atomic E-state index is 13.5. The lowest BCUT2D eigenvalue weighted by Gasteiger charge is -2.41. The highest BCUT2D eigenvalue weighted by Crippen LogP contribution is 2.44. The Hall–Kier alpha value is -1.94. The van der Waals surface area contributed by atoms with Crippen molar-refractivity contribution < 1.29 is 9.59 Å². The van der Waals surface area contributed by atoms with Crippen molar-refractivity contribution in [1.29, 1.82) is 0 Å². The maximum Gasteiger partial charge on any atom is 0.226 e. The number of hydrogen-bond acceptors (Lipinski definition) is 3. The zero-order valence-electron chi connectivity index (χ0n) is 19.3. The van der Waals surface area contributed by atoms with Gasteiger partial charge in [0, 0.05) is 30.8 Å². The van der Waals surface area contributed by atoms with Gasteiger partial charge in [-0.2, -0.15) is 0 Å². The first-order valence-electron chi connectivity index (χ1n) is 11.4. The molecule has 1 aromatic rings. The average molecular weight is 411 g/mol. The lowest BCUT2D eigenvalue weighted by Crippen LogP contribution is -2.49. The Balaban J connectivity index is 1.70. The van der Waals surface area contributed by atoms with Crippen LogP contribution in [0.2, 0.25) is 0 Å². The molecule has 0 saturated carbocycles. The fourth-order valence-corrected chi connectivity index (χ4v) is 4.87. The van der Waals surface area contributed by atoms with E-state index in [-0.39, 0.29) is 40.8 Å². The monoisotopic (exact) mass is 410 g/mol. The van der Waals surface area contributed by atoms with Crippen LogP contribution in [0.3, 0.4) is 0 Å². The summed E-state index contributed by atoms with van der Waals surface area (Å²) in [7, 11) is 0. The van der Waals surface area contributed by atoms with E-state index in [1.54, 1.807) is 0 Å². The zero-order chi connectivity index (χ0) is 22.1. The molecule has 0 bridgehead atoms. The van der Waals surface area contributed by atoms with E-state index < -0.39 is 6.04 Å². The molecular formula is C26H38N2O2. The van der Waals surface area contributed by atoms with Crippen molar-refractivity contribution in [2.24, 2.45) is 23.0 Å². The highest BCUT2D eigenvalue weighted by molar-refractivity contribution is 5.90. The average Bonchev–Trinajstić information content (AvgIpc) is 3.08. The second kappa shape index (κ2) is 8.66. The Bertz CT molecular complexity index is 813. The third kappa shape index (κ3) is 4.39. The number of piperidine rings is 1. The van der Waals surface area contributed by atoms with E-state index in [4.69, 9.17) is 5.73 Å². The fraction of sp³-hybridized carbons (Fsp3) is 0.615. The summed E-state index contributed by atoms with van der Waals surface area (Å²) < 4.78 is 0. The summed E-state index contributed by atoms with van der Waals surface area (Å²) in [5, 5.41) is 0. The van der Waals surface area contributed by atoms with Gasteiger partial charge in [-0.25, -0.2) is 0 Å². The van der Waals surface area contributed by atoms with E-state index in [2.05, 4.69) is 50.3 Å². The number of allylic oxidation sites excluding steroid dienone is 1. The molecule has 2 N–H and O–H groups in total. The van der Waals surface area contributed by atoms with Gasteiger partial charge in [0.2, 0.25) is 5.91 Å². The number of fused-ring (bicyclic) bond motifs is 2. The standard InChI is InChI=1S/C26H38N2O2/c1-6-18(2)20(17-22(29)23(27)25(3,4)5)24(30)28-15-13-26(14-16-28)12-11-19-9-7-8-10-21(19)26/h7-12,18,20,23H,6,13-17,27H2,1-5H3/t18-,20?,23+/m0/s1. The quantitative estimate of drug-likeness (QED) is 0.747. The summed E-state index contributed by atoms with van der Waals surface area (Å²) >= 11 is 0. The summed E-state index contributed by atoms with van der Waals surface area (Å²) in [4.78, 5) is 28.3. The van der Waals surface area contributed by atoms with Crippen LogP contribution in [-0.2, 0) is 15.0 Å². The van der Waals surface area contributed by atoms with Gasteiger partial charge in [-0.1, -0.05) is 77.5 Å². The minimum absolute atomic E-state index is 0.00211. The first-order chi connectivity index (χ1) is 14.1. The van der Waals surface area contributed by atoms with Gasteiger partial charge in [0.1, 0.15) is 0 Å². The fourth-order valence-electron chi connectivity index (χ4n) is 4.87. The van der Waals surface area contributed by atoms with Crippen LogP contribution in [0.4, 0.5) is 0 Å². The first-order valence-corrected chi connectivity index (χ1v) is 11.4. The number of carbonyl (C=O) groups excluding carboxylic acids is 2. The first kappa shape index (κ1) is 22.7. The number of nitrogens with zero attached hydrogens (tertiary/aromatic N) is 1. The summed E-state index contributed by atoms with van der Waals surface area (Å²) in [5.74, 6) is 0.0131. The largest absolute Gasteiger partial charge is 0.342 e. The Morgan fingerprint density at radius 1 is 1.17 bits per heavy atom. The predicted molar refractivity (Wildman–Crippen MR) is 123 cm³/mol. The highest BCUT2D eigenvalue weighted by Gasteiger charge is 2.41. The lowest BCUT2D eigenvalue weighted by atomic mass is 9.74. The van der Waals surface area contributed by atoms with Crippen LogP contribution in [0.25, 0.3) is 6.08 Å². The Labute approximate surface area is 181 Å². The molecule has 4 nitrogen and oxygen atoms in total. The third-order valence-electron chi connectivity index (χ3n) is 7.40. The molecule has 1 spiro atoms. The van der Waals surface area contributed by atoms with Gasteiger partial charge in [-0.05, 0) is 35.3 Å². The second-order valence-corrected chi connectivity index (χ2v) is 10.4. The van der Waals surface area contributed by atoms with E-state index in [1.807, 2.05) is 25.7 Å². The molecule has 4 heteroatoms. The van der Waals surface area contributed by atoms with Gasteiger partial charge in [-0.3, -0.25) is 9.59 Å². The molecule has 3 rings (SSSR count). The zero-order valence-corrected chi connectivity index (χ0v) is 19.3. The van der Waals surface area contributed by atoms with E-state index in [0.717, 1.165) is 32.4 Å². The lowest BCUT2D eigenvalue weighted by molar-refractivity contribution is -0.141. The predicted octanol–water partition coefficient (Wildman–Crippen LogP) is 4.57. The van der Waals surface area contributed by atoms with Crippen molar-refractivity contribution in [1.82, 2.24) is 4.90 Å². The molecule has 1 saturated heterocycles. The molecule has 1 amide bonds. The second-order valence-electron chi connectivity index (χ2n) is 10.4. The molecule has 1 heterocycles. The van der Waals surface area contributed by atoms with E-state index >= 15 is 0 Å². The van der Waals surface area contributed by atoms with E-state index in [0.29, 0.717) is 0 Å². The number of amides is 1. The van der Waals surface area contributed by atoms with Crippen LogP contribution < -0.4 is 5.73 Å². The molecule has 164 valence electrons. The normalized spacial score (nSPS) is 20.7. The summed E-state index contributed by atoms with van der Waals surface area (Å²) in [6.45, 7) is 11.6. The molecule has 30 heavy (non-hydrogen) atoms. The number of benzene rings is 1. The number of ketones is 1. The molecule has 1 aliphatic heterocycles. The molecule has 1 fully saturated rings. The molecule has 1 aliphatic carbocycles. The number of likely N-dealkylation sites (tertiary alicyclic amines) is 1. The van der Waals surface area contributed by atoms with Gasteiger partial charge in [0.15, 0.2) is 5.78 Å². The number of Topliss-reactive ketones (excluding diaryl/α,β-unsaturated/α-hetero) is 1. The smallest absolute Gasteiger partial charge is 0.226 e. The highest BCUT2D eigenvalue weighted by atomic mass is 16.2. The SMILES string of the molecule is CC[C@H](C)C(CC(=O)[C@@H](N)C(C)(C)C)C(=O)N1CCC2(C=Cc3ccccc32)CC1. The van der Waals surface area contributed by atoms with Crippen molar-refractivity contribution in [3.63, 3.8) is 0 Å². The number of carbonyl (C=O) groups is 2. The molecule has 0 radical (unpaired) electrons. The minimum Gasteiger partial charge on any atom is -0.342 e. The van der Waals surface area contributed by atoms with Crippen LogP contribution in [0, 0.1) is 17.3 Å². The van der Waals surface area contributed by atoms with Crippen molar-refractivity contribution in [2.75, 3.05) is 13.1 Å². The van der Waals surface area contributed by atoms with Crippen molar-refractivity contribution >= 4 is 17.8 Å². The Morgan fingerprint density at radius 2 is 1.80 bits per heavy atom. The van der Waals surface area contributed by atoms with Crippen molar-refractivity contribution in [2.45, 2.75) is 71.8 Å². The summed E-state index contributed by atoms with van der Waals surface area (Å²) in [5.41, 5.74) is 8.66. The number of hydrogen-bond donors (Lipinski definition) is 1. The molecule has 3 atom stereocenters. The minimum atomic E-state index is -0.540. The van der Waals surface area contributed by atoms with Gasteiger partial charge in [0.05, 0.1) is 6.04 Å². The van der Waals surface area contributed by atoms with Gasteiger partial charge < -0.3 is 10.6 Å². The Kier molecular flexibility index (Phi) is 6.57. The van der Waals surface area contributed by atoms with Crippen LogP contribution in [-0.4, -0.2) is 35.7 Å². The molecule has 1 unspecified atom stereocenters. The molecule has 2 aliphatic rings. The third-order valence-corrected chi connectivity index (χ3v) is 7.40. The van der Waals surface area contributed by atoms with Crippen LogP contribution in [0.15, 0.2) is 30.3 Å². The van der Waals surface area contributed by atoms with Crippen LogP contribution in [0.1, 0.15) is 71.4 Å². The summed E-state index contributed by atoms with van der Waals surface area (Å²) in [6, 6.07) is 8.04. The van der Waals surface area contributed by atoms with Crippen molar-refractivity contribution in [3.05, 3.63) is 41.5 Å². The molecule has 0 aromatic heterocycles. The Morgan fingerprint density at radius 3 is 2.40 bits per heavy atom. The van der Waals surface area contributed by atoms with E-state index in [9.17, 15) is 9.59 Å². The van der Waals surface area contributed by atoms with Gasteiger partial charge in [-0.15, -0.1) is 0 Å². The van der Waals surface area contributed by atoms with Gasteiger partial charge >= 0.3 is 0 Å². The molecular weight excluding hydrogens is 372 g/mol. The van der Waals surface area contributed by atoms with Gasteiger partial charge in [0.25, 0.3) is 0 Å². The van der Waals surface area contributed by atoms with Crippen LogP contribution >= 0.6 is 0 Å². The number of nitrogens with two attached hydrogens (primary N) is 1. The molecule has 1 aromatic carbocycles. The number of rotatable bonds is 6. The summed E-state index contributed by atoms with van der Waals surface area (Å²) in [6.07, 6.45) is 7.56. The van der Waals surface area contributed by atoms with Crippen LogP contribution in [0.5, 0.6) is 0 Å². The van der Waals surface area contributed by atoms with E-state index in [1.165, 1.54) is 11.1 Å². The van der Waals surface area contributed by atoms with Crippen molar-refractivity contribution in [3.8, 4) is 0 Å². The topological polar surface area (TPSA) is 63.4 Å².